The third kappa shape index (κ3) is 2.65. The zero-order valence-corrected chi connectivity index (χ0v) is 5.36. The van der Waals surface area contributed by atoms with Gasteiger partial charge in [0.25, 0.3) is 0 Å². The maximum atomic E-state index is 10.3. The zero-order chi connectivity index (χ0) is 6.08. The van der Waals surface area contributed by atoms with Crippen LogP contribution in [0.15, 0.2) is 0 Å². The van der Waals surface area contributed by atoms with Crippen molar-refractivity contribution in [3.05, 3.63) is 0 Å². The molecule has 0 aliphatic rings. The lowest BCUT2D eigenvalue weighted by Gasteiger charge is -2.01. The highest BCUT2D eigenvalue weighted by Gasteiger charge is 2.00. The third-order valence-electron chi connectivity index (χ3n) is 0.737. The summed E-state index contributed by atoms with van der Waals surface area (Å²) in [4.78, 5) is 0. The van der Waals surface area contributed by atoms with E-state index in [4.69, 9.17) is 4.55 Å². The Hall–Kier alpha value is -0.0200. The summed E-state index contributed by atoms with van der Waals surface area (Å²) >= 11 is 0. The maximum absolute atomic E-state index is 10.3. The van der Waals surface area contributed by atoms with Crippen molar-refractivity contribution in [2.45, 2.75) is 19.1 Å². The van der Waals surface area contributed by atoms with Crippen LogP contribution in [0.25, 0.3) is 0 Å². The van der Waals surface area contributed by atoms with Gasteiger partial charge in [-0.3, -0.25) is 0 Å². The second-order valence-corrected chi connectivity index (χ2v) is 4.06. The molecule has 0 bridgehead atoms. The zero-order valence-electron chi connectivity index (χ0n) is 4.55. The van der Waals surface area contributed by atoms with E-state index in [1.807, 2.05) is 0 Å². The Morgan fingerprint density at radius 1 is 1.71 bits per heavy atom. The van der Waals surface area contributed by atoms with Crippen molar-refractivity contribution in [3.8, 4) is 0 Å². The number of hydrogen-bond acceptors (Lipinski definition) is 1. The Labute approximate surface area is 44.4 Å². The molecule has 7 heavy (non-hydrogen) atoms. The van der Waals surface area contributed by atoms with Crippen molar-refractivity contribution in [3.63, 3.8) is 0 Å². The molecule has 0 rings (SSSR count). The minimum Gasteiger partial charge on any atom is -0.314 e. The molecule has 3 heteroatoms. The Morgan fingerprint density at radius 2 is 1.86 bits per heavy atom. The van der Waals surface area contributed by atoms with Gasteiger partial charge in [0.2, 0.25) is 0 Å². The third-order valence-corrected chi connectivity index (χ3v) is 2.21. The summed E-state index contributed by atoms with van der Waals surface area (Å²) in [6.07, 6.45) is 0. The molecule has 0 fully saturated rings. The number of hydrogen-bond donors (Lipinski definition) is 1. The first-order chi connectivity index (χ1) is 2.94. The summed E-state index contributed by atoms with van der Waals surface area (Å²) < 4.78 is 18.8. The fourth-order valence-corrected chi connectivity index (χ4v) is 0. The van der Waals surface area contributed by atoms with E-state index in [9.17, 15) is 4.21 Å². The van der Waals surface area contributed by atoms with Gasteiger partial charge in [0.1, 0.15) is 0 Å². The molecule has 0 amide bonds. The molecule has 1 atom stereocenters. The molecule has 0 saturated heterocycles. The molecule has 0 saturated carbocycles. The van der Waals surface area contributed by atoms with Crippen LogP contribution in [-0.4, -0.2) is 19.9 Å². The van der Waals surface area contributed by atoms with Gasteiger partial charge < -0.3 is 4.55 Å². The Balaban J connectivity index is 4.10. The van der Waals surface area contributed by atoms with E-state index in [2.05, 4.69) is 5.87 Å². The maximum Gasteiger partial charge on any atom is 0.0770 e. The Kier molecular flexibility index (Phi) is 1.83. The summed E-state index contributed by atoms with van der Waals surface area (Å²) in [7, 11) is -2.74. The van der Waals surface area contributed by atoms with Crippen molar-refractivity contribution in [2.75, 3.05) is 0 Å². The highest BCUT2D eigenvalue weighted by atomic mass is 32.2. The summed E-state index contributed by atoms with van der Waals surface area (Å²) in [6, 6.07) is 0. The smallest absolute Gasteiger partial charge is 0.0770 e. The van der Waals surface area contributed by atoms with Gasteiger partial charge in [-0.2, -0.15) is 0 Å². The van der Waals surface area contributed by atoms with Crippen LogP contribution in [0.3, 0.4) is 0 Å². The van der Waals surface area contributed by atoms with E-state index >= 15 is 0 Å². The van der Waals surface area contributed by atoms with Crippen LogP contribution in [0, 0.1) is 0 Å². The van der Waals surface area contributed by atoms with Gasteiger partial charge in [-0.15, -0.1) is 0 Å². The van der Waals surface area contributed by atoms with Gasteiger partial charge in [-0.1, -0.05) is 0 Å². The van der Waals surface area contributed by atoms with Gasteiger partial charge in [0.15, 0.2) is 0 Å². The normalized spacial score (nSPS) is 19.4. The predicted molar refractivity (Wildman–Crippen MR) is 33.0 cm³/mol. The van der Waals surface area contributed by atoms with Crippen molar-refractivity contribution >= 4 is 15.7 Å². The van der Waals surface area contributed by atoms with E-state index in [1.54, 1.807) is 13.8 Å². The lowest BCUT2D eigenvalue weighted by molar-refractivity contribution is 0.551. The molecule has 0 aliphatic heterocycles. The van der Waals surface area contributed by atoms with E-state index in [0.29, 0.717) is 0 Å². The van der Waals surface area contributed by atoms with Crippen molar-refractivity contribution in [2.24, 2.45) is 0 Å². The van der Waals surface area contributed by atoms with Crippen LogP contribution in [0.5, 0.6) is 0 Å². The second-order valence-electron chi connectivity index (χ2n) is 1.74. The van der Waals surface area contributed by atoms with E-state index in [1.165, 1.54) is 0 Å². The fraction of sp³-hybridized carbons (Fsp3) is 0.750. The van der Waals surface area contributed by atoms with Gasteiger partial charge in [-0.05, 0) is 19.7 Å². The topological polar surface area (TPSA) is 37.3 Å². The summed E-state index contributed by atoms with van der Waals surface area (Å²) in [5.74, 6) is 3.05. The Bertz CT molecular complexity index is 132. The standard InChI is InChI=1S/C4H10O2S/c1-4(2)7(3,5)6/h4H,3H2,1-2H3,(H,5,6). The molecular formula is C4H10O2S. The molecule has 1 N–H and O–H groups in total. The summed E-state index contributed by atoms with van der Waals surface area (Å²) in [5, 5.41) is -0.229. The lowest BCUT2D eigenvalue weighted by Crippen LogP contribution is -2.10. The molecule has 44 valence electrons. The fourth-order valence-electron chi connectivity index (χ4n) is 0. The molecule has 1 unspecified atom stereocenters. The van der Waals surface area contributed by atoms with E-state index in [-0.39, 0.29) is 5.25 Å². The molecule has 0 aromatic rings. The molecule has 0 spiro atoms. The van der Waals surface area contributed by atoms with Crippen LogP contribution < -0.4 is 0 Å². The lowest BCUT2D eigenvalue weighted by atomic mass is 10.6. The average Bonchev–Trinajstić information content (AvgIpc) is 1.31. The van der Waals surface area contributed by atoms with Gasteiger partial charge >= 0.3 is 0 Å². The summed E-state index contributed by atoms with van der Waals surface area (Å²) in [5.41, 5.74) is 0. The van der Waals surface area contributed by atoms with Crippen LogP contribution in [0.2, 0.25) is 0 Å². The average molecular weight is 122 g/mol. The monoisotopic (exact) mass is 122 g/mol. The molecular weight excluding hydrogens is 112 g/mol. The summed E-state index contributed by atoms with van der Waals surface area (Å²) in [6.45, 7) is 3.32. The molecule has 0 heterocycles. The minimum absolute atomic E-state index is 0.229. The van der Waals surface area contributed by atoms with Crippen LogP contribution in [0.1, 0.15) is 13.8 Å². The highest BCUT2D eigenvalue weighted by molar-refractivity contribution is 7.95. The first-order valence-corrected chi connectivity index (χ1v) is 3.78. The SMILES string of the molecule is C=S(=O)(O)C(C)C. The minimum atomic E-state index is -2.74. The first kappa shape index (κ1) is 6.98. The van der Waals surface area contributed by atoms with E-state index in [0.717, 1.165) is 0 Å². The molecule has 0 radical (unpaired) electrons. The molecule has 0 aromatic heterocycles. The Morgan fingerprint density at radius 3 is 1.86 bits per heavy atom. The van der Waals surface area contributed by atoms with Crippen LogP contribution in [-0.2, 0) is 9.80 Å². The predicted octanol–water partition coefficient (Wildman–Crippen LogP) is 0.584. The van der Waals surface area contributed by atoms with E-state index < -0.39 is 9.80 Å². The largest absolute Gasteiger partial charge is 0.314 e. The van der Waals surface area contributed by atoms with Crippen LogP contribution >= 0.6 is 0 Å². The van der Waals surface area contributed by atoms with Crippen molar-refractivity contribution in [1.82, 2.24) is 0 Å². The van der Waals surface area contributed by atoms with Crippen molar-refractivity contribution < 1.29 is 8.76 Å². The second kappa shape index (κ2) is 1.84. The van der Waals surface area contributed by atoms with Crippen molar-refractivity contribution in [1.29, 1.82) is 0 Å². The van der Waals surface area contributed by atoms with Gasteiger partial charge in [-0.25, -0.2) is 4.21 Å². The van der Waals surface area contributed by atoms with Crippen LogP contribution in [0.4, 0.5) is 0 Å². The quantitative estimate of drug-likeness (QED) is 0.517. The number of rotatable bonds is 1. The first-order valence-electron chi connectivity index (χ1n) is 2.03. The molecule has 0 aromatic carbocycles. The highest BCUT2D eigenvalue weighted by Crippen LogP contribution is 1.92. The molecule has 0 aliphatic carbocycles. The van der Waals surface area contributed by atoms with Gasteiger partial charge in [0, 0.05) is 5.25 Å². The van der Waals surface area contributed by atoms with Gasteiger partial charge in [0.05, 0.1) is 9.80 Å². The molecule has 2 nitrogen and oxygen atoms in total.